The molecule has 0 saturated heterocycles. The first-order valence-corrected chi connectivity index (χ1v) is 10.9. The van der Waals surface area contributed by atoms with Crippen molar-refractivity contribution in [2.45, 2.75) is 25.0 Å². The standard InChI is InChI=1S/C18H22N2O5S2/c1-12-4-9-15(26-12)13-5-7-14(8-6-13)16(21)19-11-10-18(2,17(22)20-23)27(3,24)25/h4-9,23H,10-11H2,1-3H3,(H,19,21)(H,20,22). The number of sulfone groups is 1. The van der Waals surface area contributed by atoms with E-state index in [9.17, 15) is 18.0 Å². The highest BCUT2D eigenvalue weighted by atomic mass is 32.2. The third kappa shape index (κ3) is 4.74. The molecule has 0 aliphatic heterocycles. The van der Waals surface area contributed by atoms with Crippen molar-refractivity contribution < 1.29 is 23.2 Å². The Morgan fingerprint density at radius 2 is 1.78 bits per heavy atom. The molecule has 0 radical (unpaired) electrons. The molecule has 0 bridgehead atoms. The molecule has 2 rings (SSSR count). The molecule has 27 heavy (non-hydrogen) atoms. The number of hydrogen-bond acceptors (Lipinski definition) is 6. The van der Waals surface area contributed by atoms with Crippen molar-refractivity contribution in [1.82, 2.24) is 10.8 Å². The molecule has 7 nitrogen and oxygen atoms in total. The molecular formula is C18H22N2O5S2. The molecule has 0 saturated carbocycles. The Balaban J connectivity index is 2.02. The van der Waals surface area contributed by atoms with Crippen LogP contribution in [0, 0.1) is 6.92 Å². The highest BCUT2D eigenvalue weighted by Crippen LogP contribution is 2.27. The second-order valence-electron chi connectivity index (χ2n) is 6.44. The Bertz CT molecular complexity index is 935. The first-order valence-electron chi connectivity index (χ1n) is 8.17. The summed E-state index contributed by atoms with van der Waals surface area (Å²) < 4.78 is 21.9. The van der Waals surface area contributed by atoms with Crippen LogP contribution >= 0.6 is 11.3 Å². The van der Waals surface area contributed by atoms with Gasteiger partial charge < -0.3 is 5.32 Å². The Kier molecular flexibility index (Phi) is 6.40. The van der Waals surface area contributed by atoms with Crippen LogP contribution in [0.25, 0.3) is 10.4 Å². The molecule has 0 fully saturated rings. The lowest BCUT2D eigenvalue weighted by atomic mass is 10.1. The van der Waals surface area contributed by atoms with Gasteiger partial charge >= 0.3 is 0 Å². The number of amides is 2. The summed E-state index contributed by atoms with van der Waals surface area (Å²) in [5, 5.41) is 11.4. The Morgan fingerprint density at radius 1 is 1.15 bits per heavy atom. The van der Waals surface area contributed by atoms with Gasteiger partial charge in [0.2, 0.25) is 0 Å². The summed E-state index contributed by atoms with van der Waals surface area (Å²) in [7, 11) is -3.79. The van der Waals surface area contributed by atoms with Gasteiger partial charge in [0.05, 0.1) is 0 Å². The minimum Gasteiger partial charge on any atom is -0.352 e. The average Bonchev–Trinajstić information content (AvgIpc) is 3.06. The number of nitrogens with one attached hydrogen (secondary N) is 2. The van der Waals surface area contributed by atoms with E-state index in [0.717, 1.165) is 16.7 Å². The van der Waals surface area contributed by atoms with Crippen molar-refractivity contribution in [1.29, 1.82) is 0 Å². The fourth-order valence-corrected chi connectivity index (χ4v) is 4.21. The third-order valence-corrected chi connectivity index (χ3v) is 7.54. The monoisotopic (exact) mass is 410 g/mol. The highest BCUT2D eigenvalue weighted by molar-refractivity contribution is 7.92. The SMILES string of the molecule is Cc1ccc(-c2ccc(C(=O)NCCC(C)(C(=O)NO)S(C)(=O)=O)cc2)s1. The fourth-order valence-electron chi connectivity index (χ4n) is 2.48. The number of hydroxylamine groups is 1. The smallest absolute Gasteiger partial charge is 0.264 e. The van der Waals surface area contributed by atoms with Gasteiger partial charge in [0.1, 0.15) is 0 Å². The molecule has 1 atom stereocenters. The summed E-state index contributed by atoms with van der Waals surface area (Å²) in [5.74, 6) is -1.40. The summed E-state index contributed by atoms with van der Waals surface area (Å²) in [6, 6.07) is 11.1. The molecule has 1 unspecified atom stereocenters. The van der Waals surface area contributed by atoms with E-state index < -0.39 is 20.5 Å². The van der Waals surface area contributed by atoms with Gasteiger partial charge in [0, 0.05) is 28.1 Å². The quantitative estimate of drug-likeness (QED) is 0.478. The molecule has 9 heteroatoms. The van der Waals surface area contributed by atoms with Crippen LogP contribution in [-0.4, -0.2) is 43.0 Å². The predicted octanol–water partition coefficient (Wildman–Crippen LogP) is 2.15. The molecule has 2 amide bonds. The maximum atomic E-state index is 12.3. The van der Waals surface area contributed by atoms with Crippen molar-refractivity contribution >= 4 is 33.0 Å². The van der Waals surface area contributed by atoms with Crippen molar-refractivity contribution in [3.8, 4) is 10.4 Å². The fraction of sp³-hybridized carbons (Fsp3) is 0.333. The lowest BCUT2D eigenvalue weighted by Gasteiger charge is -2.25. The number of hydrogen-bond donors (Lipinski definition) is 3. The minimum absolute atomic E-state index is 0.0400. The van der Waals surface area contributed by atoms with Gasteiger partial charge in [0.25, 0.3) is 11.8 Å². The number of carbonyl (C=O) groups excluding carboxylic acids is 2. The van der Waals surface area contributed by atoms with E-state index in [4.69, 9.17) is 5.21 Å². The molecule has 0 spiro atoms. The molecule has 146 valence electrons. The van der Waals surface area contributed by atoms with Crippen molar-refractivity contribution in [3.05, 3.63) is 46.8 Å². The zero-order chi connectivity index (χ0) is 20.2. The first kappa shape index (κ1) is 21.1. The van der Waals surface area contributed by atoms with Gasteiger partial charge in [0.15, 0.2) is 14.6 Å². The van der Waals surface area contributed by atoms with Crippen LogP contribution in [0.5, 0.6) is 0 Å². The highest BCUT2D eigenvalue weighted by Gasteiger charge is 2.43. The molecule has 1 heterocycles. The predicted molar refractivity (Wildman–Crippen MR) is 105 cm³/mol. The summed E-state index contributed by atoms with van der Waals surface area (Å²) in [5.41, 5.74) is 2.81. The second-order valence-corrected chi connectivity index (χ2v) is 10.2. The second kappa shape index (κ2) is 8.20. The Hall–Kier alpha value is -2.23. The van der Waals surface area contributed by atoms with Crippen molar-refractivity contribution in [2.75, 3.05) is 12.8 Å². The van der Waals surface area contributed by atoms with Crippen LogP contribution in [0.4, 0.5) is 0 Å². The van der Waals surface area contributed by atoms with Gasteiger partial charge in [-0.1, -0.05) is 12.1 Å². The number of thiophene rings is 1. The minimum atomic E-state index is -3.79. The van der Waals surface area contributed by atoms with Gasteiger partial charge in [-0.05, 0) is 50.1 Å². The van der Waals surface area contributed by atoms with E-state index in [-0.39, 0.29) is 18.9 Å². The van der Waals surface area contributed by atoms with E-state index in [0.29, 0.717) is 5.56 Å². The number of carbonyl (C=O) groups is 2. The van der Waals surface area contributed by atoms with Crippen LogP contribution in [0.3, 0.4) is 0 Å². The van der Waals surface area contributed by atoms with E-state index >= 15 is 0 Å². The summed E-state index contributed by atoms with van der Waals surface area (Å²) in [6.45, 7) is 3.19. The van der Waals surface area contributed by atoms with E-state index in [1.54, 1.807) is 23.5 Å². The molecule has 0 aliphatic carbocycles. The summed E-state index contributed by atoms with van der Waals surface area (Å²) >= 11 is 1.66. The van der Waals surface area contributed by atoms with Crippen LogP contribution in [0.2, 0.25) is 0 Å². The van der Waals surface area contributed by atoms with Crippen LogP contribution < -0.4 is 10.8 Å². The summed E-state index contributed by atoms with van der Waals surface area (Å²) in [4.78, 5) is 26.3. The van der Waals surface area contributed by atoms with Gasteiger partial charge in [-0.25, -0.2) is 13.9 Å². The third-order valence-electron chi connectivity index (χ3n) is 4.46. The molecule has 1 aromatic carbocycles. The average molecular weight is 411 g/mol. The number of aryl methyl sites for hydroxylation is 1. The van der Waals surface area contributed by atoms with Gasteiger partial charge in [-0.15, -0.1) is 11.3 Å². The Labute approximate surface area is 162 Å². The lowest BCUT2D eigenvalue weighted by Crippen LogP contribution is -2.50. The maximum Gasteiger partial charge on any atom is 0.264 e. The number of benzene rings is 1. The zero-order valence-corrected chi connectivity index (χ0v) is 16.9. The molecule has 1 aromatic heterocycles. The molecule has 3 N–H and O–H groups in total. The number of rotatable bonds is 7. The normalized spacial score (nSPS) is 13.6. The van der Waals surface area contributed by atoms with E-state index in [1.807, 2.05) is 31.2 Å². The van der Waals surface area contributed by atoms with Crippen molar-refractivity contribution in [2.24, 2.45) is 0 Å². The van der Waals surface area contributed by atoms with Gasteiger partial charge in [-0.2, -0.15) is 0 Å². The lowest BCUT2D eigenvalue weighted by molar-refractivity contribution is -0.131. The first-order chi connectivity index (χ1) is 12.6. The maximum absolute atomic E-state index is 12.3. The van der Waals surface area contributed by atoms with Crippen LogP contribution in [0.15, 0.2) is 36.4 Å². The summed E-state index contributed by atoms with van der Waals surface area (Å²) in [6.07, 6.45) is 0.742. The van der Waals surface area contributed by atoms with E-state index in [2.05, 4.69) is 5.32 Å². The Morgan fingerprint density at radius 3 is 2.26 bits per heavy atom. The topological polar surface area (TPSA) is 113 Å². The molecule has 0 aliphatic rings. The van der Waals surface area contributed by atoms with Gasteiger partial charge in [-0.3, -0.25) is 14.8 Å². The van der Waals surface area contributed by atoms with Crippen LogP contribution in [-0.2, 0) is 14.6 Å². The van der Waals surface area contributed by atoms with Crippen molar-refractivity contribution in [3.63, 3.8) is 0 Å². The molecule has 2 aromatic rings. The van der Waals surface area contributed by atoms with E-state index in [1.165, 1.54) is 17.3 Å². The molecular weight excluding hydrogens is 388 g/mol. The zero-order valence-electron chi connectivity index (χ0n) is 15.3. The largest absolute Gasteiger partial charge is 0.352 e. The van der Waals surface area contributed by atoms with Crippen LogP contribution in [0.1, 0.15) is 28.6 Å².